The maximum Gasteiger partial charge on any atom is 0.337 e. The Kier molecular flexibility index (Phi) is 9.29. The van der Waals surface area contributed by atoms with Crippen molar-refractivity contribution in [3.63, 3.8) is 0 Å². The molecule has 1 aliphatic heterocycles. The maximum atomic E-state index is 14.5. The van der Waals surface area contributed by atoms with Gasteiger partial charge in [0.05, 0.1) is 22.3 Å². The Balaban J connectivity index is 1.17. The number of carbonyl (C=O) groups is 1. The first kappa shape index (κ1) is 32.0. The van der Waals surface area contributed by atoms with E-state index in [4.69, 9.17) is 0 Å². The van der Waals surface area contributed by atoms with Gasteiger partial charge in [-0.3, -0.25) is 19.1 Å². The number of nitrogens with one attached hydrogen (secondary N) is 2. The third-order valence-electron chi connectivity index (χ3n) is 9.37. The fourth-order valence-corrected chi connectivity index (χ4v) is 7.48. The van der Waals surface area contributed by atoms with Crippen LogP contribution in [0.1, 0.15) is 59.2 Å². The molecule has 12 heteroatoms. The molecule has 2 N–H and O–H groups in total. The summed E-state index contributed by atoms with van der Waals surface area (Å²) < 4.78 is 17.1. The van der Waals surface area contributed by atoms with Gasteiger partial charge in [-0.1, -0.05) is 36.4 Å². The van der Waals surface area contributed by atoms with Gasteiger partial charge in [-0.15, -0.1) is 11.3 Å². The zero-order chi connectivity index (χ0) is 33.2. The van der Waals surface area contributed by atoms with E-state index in [0.717, 1.165) is 67.5 Å². The van der Waals surface area contributed by atoms with Gasteiger partial charge >= 0.3 is 5.69 Å². The summed E-state index contributed by atoms with van der Waals surface area (Å²) >= 11 is 1.42. The number of thiazole rings is 1. The lowest BCUT2D eigenvalue weighted by Gasteiger charge is -2.30. The topological polar surface area (TPSA) is 114 Å². The molecule has 2 aliphatic rings. The minimum Gasteiger partial charge on any atom is -0.348 e. The number of hydrogen-bond donors (Lipinski definition) is 2. The Labute approximate surface area is 281 Å². The molecule has 2 fully saturated rings. The van der Waals surface area contributed by atoms with Crippen molar-refractivity contribution in [1.82, 2.24) is 34.6 Å². The van der Waals surface area contributed by atoms with E-state index in [1.807, 2.05) is 25.1 Å². The van der Waals surface area contributed by atoms with Gasteiger partial charge in [0.25, 0.3) is 11.5 Å². The smallest absolute Gasteiger partial charge is 0.337 e. The summed E-state index contributed by atoms with van der Waals surface area (Å²) in [5.41, 5.74) is 3.11. The highest BCUT2D eigenvalue weighted by molar-refractivity contribution is 7.09. The summed E-state index contributed by atoms with van der Waals surface area (Å²) in [7, 11) is 0. The zero-order valence-electron chi connectivity index (χ0n) is 26.8. The maximum absolute atomic E-state index is 14.5. The number of amides is 1. The van der Waals surface area contributed by atoms with E-state index in [9.17, 15) is 18.8 Å². The summed E-state index contributed by atoms with van der Waals surface area (Å²) in [5, 5.41) is 9.09. The Hall–Kier alpha value is -4.52. The SMILES string of the molecule is Cc1nc(C(=O)NC2CCC(n3c(=O)c4cc(F)cnc4n(-c4cccc(-c5ccc(CN6CCCNCC6)cc5)c4)c3=O)CC2)cs1. The molecule has 4 heterocycles. The number of aryl methyl sites for hydroxylation is 1. The molecule has 3 aromatic heterocycles. The van der Waals surface area contributed by atoms with Gasteiger partial charge in [0, 0.05) is 37.1 Å². The number of benzene rings is 2. The van der Waals surface area contributed by atoms with E-state index in [-0.39, 0.29) is 23.0 Å². The molecule has 2 aromatic carbocycles. The minimum absolute atomic E-state index is 0.0439. The van der Waals surface area contributed by atoms with Crippen molar-refractivity contribution < 1.29 is 9.18 Å². The lowest BCUT2D eigenvalue weighted by Crippen LogP contribution is -2.45. The van der Waals surface area contributed by atoms with Gasteiger partial charge in [-0.25, -0.2) is 23.7 Å². The molecule has 248 valence electrons. The van der Waals surface area contributed by atoms with Gasteiger partial charge in [0.15, 0.2) is 5.65 Å². The molecule has 0 spiro atoms. The zero-order valence-corrected chi connectivity index (χ0v) is 27.6. The predicted molar refractivity (Wildman–Crippen MR) is 185 cm³/mol. The predicted octanol–water partition coefficient (Wildman–Crippen LogP) is 4.83. The highest BCUT2D eigenvalue weighted by atomic mass is 32.1. The molecule has 5 aromatic rings. The Morgan fingerprint density at radius 3 is 2.60 bits per heavy atom. The van der Waals surface area contributed by atoms with Crippen molar-refractivity contribution in [2.24, 2.45) is 0 Å². The van der Waals surface area contributed by atoms with Crippen molar-refractivity contribution in [2.75, 3.05) is 26.2 Å². The fraction of sp³-hybridized carbons (Fsp3) is 0.361. The summed E-state index contributed by atoms with van der Waals surface area (Å²) in [4.78, 5) is 51.7. The third kappa shape index (κ3) is 6.73. The highest BCUT2D eigenvalue weighted by Crippen LogP contribution is 2.29. The van der Waals surface area contributed by atoms with Crippen LogP contribution >= 0.6 is 11.3 Å². The average Bonchev–Trinajstić information content (AvgIpc) is 3.37. The van der Waals surface area contributed by atoms with Crippen molar-refractivity contribution in [3.8, 4) is 16.8 Å². The number of aromatic nitrogens is 4. The standard InChI is InChI=1S/C36H38FN7O3S/c1-23-40-32(22-48-23)34(45)41-28-10-12-29(13-11-28)44-35(46)31-19-27(37)20-39-33(31)43(36(44)47)30-5-2-4-26(18-30)25-8-6-24(7-9-25)21-42-16-3-14-38-15-17-42/h2,4-9,18-20,22,28-29,38H,3,10-17,21H2,1H3,(H,41,45). The van der Waals surface area contributed by atoms with Crippen LogP contribution in [-0.4, -0.2) is 62.1 Å². The second kappa shape index (κ2) is 13.9. The Morgan fingerprint density at radius 1 is 1.02 bits per heavy atom. The van der Waals surface area contributed by atoms with Crippen molar-refractivity contribution in [1.29, 1.82) is 0 Å². The summed E-state index contributed by atoms with van der Waals surface area (Å²) in [6, 6.07) is 16.7. The highest BCUT2D eigenvalue weighted by Gasteiger charge is 2.28. The van der Waals surface area contributed by atoms with Gasteiger partial charge < -0.3 is 10.6 Å². The number of pyridine rings is 1. The molecule has 1 aliphatic carbocycles. The largest absolute Gasteiger partial charge is 0.348 e. The van der Waals surface area contributed by atoms with E-state index < -0.39 is 23.1 Å². The number of hydrogen-bond acceptors (Lipinski definition) is 8. The number of rotatable bonds is 7. The lowest BCUT2D eigenvalue weighted by molar-refractivity contribution is 0.0917. The molecule has 1 amide bonds. The van der Waals surface area contributed by atoms with Crippen LogP contribution in [0, 0.1) is 12.7 Å². The van der Waals surface area contributed by atoms with E-state index in [2.05, 4.69) is 49.8 Å². The molecule has 0 atom stereocenters. The Bertz CT molecular complexity index is 2060. The number of carbonyl (C=O) groups excluding carboxylic acids is 1. The lowest BCUT2D eigenvalue weighted by atomic mass is 9.90. The fourth-order valence-electron chi connectivity index (χ4n) is 6.89. The second-order valence-electron chi connectivity index (χ2n) is 12.7. The van der Waals surface area contributed by atoms with Gasteiger partial charge in [0.2, 0.25) is 0 Å². The van der Waals surface area contributed by atoms with E-state index >= 15 is 0 Å². The van der Waals surface area contributed by atoms with Crippen LogP contribution in [0.5, 0.6) is 0 Å². The second-order valence-corrected chi connectivity index (χ2v) is 13.7. The summed E-state index contributed by atoms with van der Waals surface area (Å²) in [6.45, 7) is 6.91. The average molecular weight is 668 g/mol. The van der Waals surface area contributed by atoms with Crippen LogP contribution in [0.2, 0.25) is 0 Å². The Morgan fingerprint density at radius 2 is 1.83 bits per heavy atom. The van der Waals surface area contributed by atoms with Crippen LogP contribution in [0.3, 0.4) is 0 Å². The van der Waals surface area contributed by atoms with Crippen LogP contribution < -0.4 is 21.9 Å². The number of nitrogens with zero attached hydrogens (tertiary/aromatic N) is 5. The van der Waals surface area contributed by atoms with Crippen LogP contribution in [0.15, 0.2) is 75.8 Å². The molecular formula is C36H38FN7O3S. The molecule has 48 heavy (non-hydrogen) atoms. The van der Waals surface area contributed by atoms with Gasteiger partial charge in [0.1, 0.15) is 11.5 Å². The summed E-state index contributed by atoms with van der Waals surface area (Å²) in [6.07, 6.45) is 4.36. The minimum atomic E-state index is -0.648. The van der Waals surface area contributed by atoms with Gasteiger partial charge in [-0.2, -0.15) is 0 Å². The number of halogens is 1. The molecule has 7 rings (SSSR count). The molecule has 1 saturated carbocycles. The van der Waals surface area contributed by atoms with E-state index in [1.165, 1.54) is 26.0 Å². The molecule has 0 bridgehead atoms. The quantitative estimate of drug-likeness (QED) is 0.256. The molecule has 0 radical (unpaired) electrons. The monoisotopic (exact) mass is 667 g/mol. The van der Waals surface area contributed by atoms with Crippen LogP contribution in [0.4, 0.5) is 4.39 Å². The molecule has 1 saturated heterocycles. The molecule has 0 unspecified atom stereocenters. The number of fused-ring (bicyclic) bond motifs is 1. The van der Waals surface area contributed by atoms with Gasteiger partial charge in [-0.05, 0) is 87.0 Å². The summed E-state index contributed by atoms with van der Waals surface area (Å²) in [5.74, 6) is -0.871. The van der Waals surface area contributed by atoms with Crippen molar-refractivity contribution >= 4 is 28.3 Å². The first-order valence-corrected chi connectivity index (χ1v) is 17.4. The third-order valence-corrected chi connectivity index (χ3v) is 10.1. The van der Waals surface area contributed by atoms with Crippen LogP contribution in [0.25, 0.3) is 27.8 Å². The van der Waals surface area contributed by atoms with Crippen molar-refractivity contribution in [3.05, 3.63) is 109 Å². The van der Waals surface area contributed by atoms with Crippen LogP contribution in [-0.2, 0) is 6.54 Å². The van der Waals surface area contributed by atoms with E-state index in [1.54, 1.807) is 11.4 Å². The molecular weight excluding hydrogens is 630 g/mol. The molecule has 10 nitrogen and oxygen atoms in total. The first-order valence-electron chi connectivity index (χ1n) is 16.5. The normalized spacial score (nSPS) is 18.9. The van der Waals surface area contributed by atoms with E-state index in [0.29, 0.717) is 37.1 Å². The van der Waals surface area contributed by atoms with Crippen molar-refractivity contribution in [2.45, 2.75) is 57.7 Å². The first-order chi connectivity index (χ1) is 23.3.